The maximum atomic E-state index is 13.0. The van der Waals surface area contributed by atoms with Crippen LogP contribution in [0.4, 0.5) is 0 Å². The van der Waals surface area contributed by atoms with Gasteiger partial charge in [0.05, 0.1) is 10.9 Å². The summed E-state index contributed by atoms with van der Waals surface area (Å²) >= 11 is 9.32. The Bertz CT molecular complexity index is 1200. The van der Waals surface area contributed by atoms with Crippen molar-refractivity contribution in [3.8, 4) is 16.9 Å². The molecule has 0 saturated heterocycles. The molecule has 0 radical (unpaired) electrons. The zero-order valence-electron chi connectivity index (χ0n) is 15.0. The summed E-state index contributed by atoms with van der Waals surface area (Å²) < 4.78 is 12.8. The van der Waals surface area contributed by atoms with E-state index in [-0.39, 0.29) is 5.43 Å². The molecule has 0 aliphatic carbocycles. The fourth-order valence-corrected chi connectivity index (χ4v) is 3.46. The lowest BCUT2D eigenvalue weighted by atomic mass is 10.0. The third-order valence-corrected chi connectivity index (χ3v) is 5.27. The van der Waals surface area contributed by atoms with E-state index in [4.69, 9.17) is 20.8 Å². The standard InChI is InChI=1S/C23H16BrClO3/c1-14-22(16-4-6-17(24)7-5-16)23(26)20-11-10-19(12-21(20)28-14)27-13-15-2-8-18(25)9-3-15/h2-12H,13H2,1H3. The van der Waals surface area contributed by atoms with Crippen LogP contribution in [0.25, 0.3) is 22.1 Å². The van der Waals surface area contributed by atoms with Gasteiger partial charge in [0.25, 0.3) is 0 Å². The van der Waals surface area contributed by atoms with Crippen molar-refractivity contribution in [3.05, 3.63) is 97.8 Å². The Labute approximate surface area is 175 Å². The van der Waals surface area contributed by atoms with E-state index in [1.807, 2.05) is 48.5 Å². The van der Waals surface area contributed by atoms with Crippen molar-refractivity contribution in [2.45, 2.75) is 13.5 Å². The highest BCUT2D eigenvalue weighted by molar-refractivity contribution is 9.10. The first-order chi connectivity index (χ1) is 13.5. The molecule has 3 aromatic carbocycles. The monoisotopic (exact) mass is 454 g/mol. The van der Waals surface area contributed by atoms with E-state index >= 15 is 0 Å². The summed E-state index contributed by atoms with van der Waals surface area (Å²) in [5.41, 5.74) is 2.88. The predicted octanol–water partition coefficient (Wildman–Crippen LogP) is 6.76. The highest BCUT2D eigenvalue weighted by atomic mass is 79.9. The minimum Gasteiger partial charge on any atom is -0.489 e. The maximum Gasteiger partial charge on any atom is 0.200 e. The first-order valence-electron chi connectivity index (χ1n) is 8.72. The van der Waals surface area contributed by atoms with Gasteiger partial charge < -0.3 is 9.15 Å². The molecule has 140 valence electrons. The van der Waals surface area contributed by atoms with Crippen LogP contribution in [-0.2, 0) is 6.61 Å². The molecule has 0 bridgehead atoms. The number of aryl methyl sites for hydroxylation is 1. The van der Waals surface area contributed by atoms with E-state index in [1.165, 1.54) is 0 Å². The predicted molar refractivity (Wildman–Crippen MR) is 116 cm³/mol. The van der Waals surface area contributed by atoms with E-state index in [1.54, 1.807) is 25.1 Å². The minimum absolute atomic E-state index is 0.0506. The van der Waals surface area contributed by atoms with Gasteiger partial charge in [-0.05, 0) is 54.4 Å². The normalized spacial score (nSPS) is 11.0. The molecule has 1 heterocycles. The first kappa shape index (κ1) is 18.8. The molecular weight excluding hydrogens is 440 g/mol. The molecule has 3 nitrogen and oxygen atoms in total. The van der Waals surface area contributed by atoms with Gasteiger partial charge in [0.1, 0.15) is 23.7 Å². The molecule has 4 rings (SSSR count). The summed E-state index contributed by atoms with van der Waals surface area (Å²) in [5, 5.41) is 1.22. The Morgan fingerprint density at radius 3 is 2.43 bits per heavy atom. The quantitative estimate of drug-likeness (QED) is 0.341. The maximum absolute atomic E-state index is 13.0. The lowest BCUT2D eigenvalue weighted by molar-refractivity contribution is 0.306. The molecule has 28 heavy (non-hydrogen) atoms. The minimum atomic E-state index is -0.0506. The summed E-state index contributed by atoms with van der Waals surface area (Å²) in [7, 11) is 0. The number of ether oxygens (including phenoxy) is 1. The molecule has 1 aromatic heterocycles. The zero-order valence-corrected chi connectivity index (χ0v) is 17.4. The number of benzene rings is 3. The van der Waals surface area contributed by atoms with Crippen LogP contribution in [0.5, 0.6) is 5.75 Å². The van der Waals surface area contributed by atoms with Crippen LogP contribution in [0.3, 0.4) is 0 Å². The molecule has 0 atom stereocenters. The number of rotatable bonds is 4. The number of fused-ring (bicyclic) bond motifs is 1. The summed E-state index contributed by atoms with van der Waals surface area (Å²) in [5.74, 6) is 1.22. The smallest absolute Gasteiger partial charge is 0.200 e. The van der Waals surface area contributed by atoms with E-state index in [2.05, 4.69) is 15.9 Å². The number of hydrogen-bond donors (Lipinski definition) is 0. The van der Waals surface area contributed by atoms with Crippen LogP contribution in [-0.4, -0.2) is 0 Å². The second kappa shape index (κ2) is 7.82. The van der Waals surface area contributed by atoms with Gasteiger partial charge in [-0.15, -0.1) is 0 Å². The van der Waals surface area contributed by atoms with Gasteiger partial charge >= 0.3 is 0 Å². The Kier molecular flexibility index (Phi) is 5.25. The van der Waals surface area contributed by atoms with Crippen LogP contribution >= 0.6 is 27.5 Å². The van der Waals surface area contributed by atoms with Crippen molar-refractivity contribution < 1.29 is 9.15 Å². The second-order valence-corrected chi connectivity index (χ2v) is 7.79. The highest BCUT2D eigenvalue weighted by Gasteiger charge is 2.14. The van der Waals surface area contributed by atoms with Crippen molar-refractivity contribution in [3.63, 3.8) is 0 Å². The van der Waals surface area contributed by atoms with Gasteiger partial charge in [0.2, 0.25) is 5.43 Å². The van der Waals surface area contributed by atoms with E-state index < -0.39 is 0 Å². The van der Waals surface area contributed by atoms with Crippen LogP contribution in [0.15, 0.2) is 80.4 Å². The van der Waals surface area contributed by atoms with Crippen LogP contribution < -0.4 is 10.2 Å². The Morgan fingerprint density at radius 2 is 1.71 bits per heavy atom. The van der Waals surface area contributed by atoms with E-state index in [0.29, 0.717) is 39.7 Å². The third kappa shape index (κ3) is 3.84. The summed E-state index contributed by atoms with van der Waals surface area (Å²) in [6.07, 6.45) is 0. The van der Waals surface area contributed by atoms with Gasteiger partial charge in [-0.1, -0.05) is 51.8 Å². The van der Waals surface area contributed by atoms with E-state index in [9.17, 15) is 4.79 Å². The molecule has 5 heteroatoms. The Hall–Kier alpha value is -2.56. The highest BCUT2D eigenvalue weighted by Crippen LogP contribution is 2.27. The van der Waals surface area contributed by atoms with Crippen LogP contribution in [0, 0.1) is 6.92 Å². The van der Waals surface area contributed by atoms with Gasteiger partial charge in [-0.2, -0.15) is 0 Å². The molecule has 0 fully saturated rings. The number of hydrogen-bond acceptors (Lipinski definition) is 3. The summed E-state index contributed by atoms with van der Waals surface area (Å²) in [6, 6.07) is 20.4. The SMILES string of the molecule is Cc1oc2cc(OCc3ccc(Cl)cc3)ccc2c(=O)c1-c1ccc(Br)cc1. The lowest BCUT2D eigenvalue weighted by Crippen LogP contribution is -2.07. The van der Waals surface area contributed by atoms with Crippen LogP contribution in [0.2, 0.25) is 5.02 Å². The van der Waals surface area contributed by atoms with Crippen molar-refractivity contribution >= 4 is 38.5 Å². The number of halogens is 2. The lowest BCUT2D eigenvalue weighted by Gasteiger charge is -2.10. The largest absolute Gasteiger partial charge is 0.489 e. The van der Waals surface area contributed by atoms with Crippen molar-refractivity contribution in [1.29, 1.82) is 0 Å². The van der Waals surface area contributed by atoms with Crippen molar-refractivity contribution in [1.82, 2.24) is 0 Å². The molecule has 0 amide bonds. The van der Waals surface area contributed by atoms with Crippen molar-refractivity contribution in [2.75, 3.05) is 0 Å². The van der Waals surface area contributed by atoms with Gasteiger partial charge in [-0.3, -0.25) is 4.79 Å². The Morgan fingerprint density at radius 1 is 1.00 bits per heavy atom. The van der Waals surface area contributed by atoms with Gasteiger partial charge in [0.15, 0.2) is 0 Å². The third-order valence-electron chi connectivity index (χ3n) is 4.49. The fraction of sp³-hybridized carbons (Fsp3) is 0.0870. The van der Waals surface area contributed by atoms with Gasteiger partial charge in [0, 0.05) is 15.6 Å². The average Bonchev–Trinajstić information content (AvgIpc) is 2.69. The molecular formula is C23H16BrClO3. The molecule has 0 aliphatic rings. The molecule has 0 spiro atoms. The van der Waals surface area contributed by atoms with Gasteiger partial charge in [-0.25, -0.2) is 0 Å². The summed E-state index contributed by atoms with van der Waals surface area (Å²) in [6.45, 7) is 2.21. The van der Waals surface area contributed by atoms with Crippen LogP contribution in [0.1, 0.15) is 11.3 Å². The van der Waals surface area contributed by atoms with Crippen molar-refractivity contribution in [2.24, 2.45) is 0 Å². The molecule has 0 saturated carbocycles. The summed E-state index contributed by atoms with van der Waals surface area (Å²) in [4.78, 5) is 13.0. The topological polar surface area (TPSA) is 39.4 Å². The molecule has 0 N–H and O–H groups in total. The van der Waals surface area contributed by atoms with E-state index in [0.717, 1.165) is 15.6 Å². The first-order valence-corrected chi connectivity index (χ1v) is 9.89. The average molecular weight is 456 g/mol. The molecule has 0 aliphatic heterocycles. The fourth-order valence-electron chi connectivity index (χ4n) is 3.07. The second-order valence-electron chi connectivity index (χ2n) is 6.44. The zero-order chi connectivity index (χ0) is 19.7. The Balaban J connectivity index is 1.67. The molecule has 4 aromatic rings. The molecule has 0 unspecified atom stereocenters.